The van der Waals surface area contributed by atoms with E-state index >= 15 is 0 Å². The van der Waals surface area contributed by atoms with E-state index in [-0.39, 0.29) is 30.1 Å². The number of aromatic nitrogens is 1. The molecule has 0 saturated carbocycles. The van der Waals surface area contributed by atoms with Gasteiger partial charge in [-0.05, 0) is 31.9 Å². The lowest BCUT2D eigenvalue weighted by atomic mass is 10.0. The van der Waals surface area contributed by atoms with Crippen molar-refractivity contribution < 1.29 is 4.74 Å². The molecular weight excluding hydrogens is 521 g/mol. The molecule has 1 aromatic carbocycles. The van der Waals surface area contributed by atoms with Gasteiger partial charge in [0.25, 0.3) is 0 Å². The van der Waals surface area contributed by atoms with Crippen molar-refractivity contribution in [3.8, 4) is 0 Å². The number of ether oxygens (including phenoxy) is 1. The maximum Gasteiger partial charge on any atom is 0.193 e. The fourth-order valence-electron chi connectivity index (χ4n) is 3.91. The smallest absolute Gasteiger partial charge is 0.193 e. The molecule has 8 heteroatoms. The van der Waals surface area contributed by atoms with E-state index in [4.69, 9.17) is 9.72 Å². The van der Waals surface area contributed by atoms with Gasteiger partial charge in [0, 0.05) is 45.7 Å². The van der Waals surface area contributed by atoms with Gasteiger partial charge in [-0.1, -0.05) is 36.8 Å². The van der Waals surface area contributed by atoms with Crippen LogP contribution in [0.15, 0.2) is 40.7 Å². The second-order valence-corrected chi connectivity index (χ2v) is 8.83. The minimum absolute atomic E-state index is 0. The largest absolute Gasteiger partial charge is 0.375 e. The molecule has 0 radical (unpaired) electrons. The molecule has 2 atom stereocenters. The number of piperidine rings is 1. The molecule has 0 amide bonds. The second-order valence-electron chi connectivity index (χ2n) is 7.94. The van der Waals surface area contributed by atoms with Gasteiger partial charge in [0.1, 0.15) is 11.1 Å². The molecule has 2 aromatic rings. The highest BCUT2D eigenvalue weighted by Crippen LogP contribution is 2.21. The van der Waals surface area contributed by atoms with Crippen molar-refractivity contribution in [3.05, 3.63) is 52.0 Å². The molecule has 1 N–H and O–H groups in total. The maximum absolute atomic E-state index is 5.38. The van der Waals surface area contributed by atoms with Gasteiger partial charge < -0.3 is 15.0 Å². The number of likely N-dealkylation sites (tertiary alicyclic amines) is 1. The first-order valence-corrected chi connectivity index (χ1v) is 11.7. The van der Waals surface area contributed by atoms with E-state index in [1.54, 1.807) is 18.4 Å². The zero-order chi connectivity index (χ0) is 21.3. The number of thiazole rings is 1. The average Bonchev–Trinajstić information content (AvgIpc) is 3.24. The predicted octanol–water partition coefficient (Wildman–Crippen LogP) is 4.53. The second kappa shape index (κ2) is 13.3. The lowest BCUT2D eigenvalue weighted by Gasteiger charge is -2.36. The Morgan fingerprint density at radius 2 is 2.13 bits per heavy atom. The number of guanidine groups is 1. The van der Waals surface area contributed by atoms with Crippen LogP contribution < -0.4 is 5.32 Å². The Morgan fingerprint density at radius 3 is 2.84 bits per heavy atom. The maximum atomic E-state index is 5.38. The summed E-state index contributed by atoms with van der Waals surface area (Å²) in [5, 5.41) is 6.73. The molecule has 3 rings (SSSR count). The van der Waals surface area contributed by atoms with Crippen molar-refractivity contribution in [3.63, 3.8) is 0 Å². The van der Waals surface area contributed by atoms with Crippen LogP contribution in [0.5, 0.6) is 0 Å². The first kappa shape index (κ1) is 26.0. The summed E-state index contributed by atoms with van der Waals surface area (Å²) < 4.78 is 5.38. The lowest BCUT2D eigenvalue weighted by molar-refractivity contribution is 0.119. The molecule has 1 aliphatic heterocycles. The number of halogens is 1. The van der Waals surface area contributed by atoms with Gasteiger partial charge in [-0.25, -0.2) is 4.98 Å². The summed E-state index contributed by atoms with van der Waals surface area (Å²) in [7, 11) is 5.63. The van der Waals surface area contributed by atoms with E-state index in [0.29, 0.717) is 6.04 Å². The molecule has 1 fully saturated rings. The topological polar surface area (TPSA) is 53.0 Å². The number of rotatable bonds is 8. The van der Waals surface area contributed by atoms with Crippen LogP contribution in [0.1, 0.15) is 48.6 Å². The van der Waals surface area contributed by atoms with Gasteiger partial charge >= 0.3 is 0 Å². The molecule has 0 bridgehead atoms. The number of benzene rings is 1. The van der Waals surface area contributed by atoms with E-state index in [9.17, 15) is 0 Å². The summed E-state index contributed by atoms with van der Waals surface area (Å²) in [4.78, 5) is 14.0. The average molecular weight is 558 g/mol. The molecule has 0 spiro atoms. The summed E-state index contributed by atoms with van der Waals surface area (Å²) in [6, 6.07) is 11.3. The van der Waals surface area contributed by atoms with Crippen LogP contribution in [0.25, 0.3) is 0 Å². The number of hydrogen-bond donors (Lipinski definition) is 1. The fraction of sp³-hybridized carbons (Fsp3) is 0.565. The van der Waals surface area contributed by atoms with E-state index in [2.05, 4.69) is 62.9 Å². The van der Waals surface area contributed by atoms with Crippen molar-refractivity contribution in [2.45, 2.75) is 51.4 Å². The van der Waals surface area contributed by atoms with Crippen molar-refractivity contribution in [1.82, 2.24) is 20.1 Å². The number of aliphatic imine (C=N–C) groups is 1. The standard InChI is InChI=1S/C23H35N5OS.HI/c1-18(29-4)22-26-20(17-30-22)16-27(3)23(24-2)25-14-21-12-8-9-13-28(21)15-19-10-6-5-7-11-19;/h5-7,10-11,17-18,21H,8-9,12-16H2,1-4H3,(H,24,25);1H. The summed E-state index contributed by atoms with van der Waals surface area (Å²) in [6.45, 7) is 5.84. The van der Waals surface area contributed by atoms with Crippen molar-refractivity contribution in [1.29, 1.82) is 0 Å². The summed E-state index contributed by atoms with van der Waals surface area (Å²) in [5.74, 6) is 0.912. The highest BCUT2D eigenvalue weighted by molar-refractivity contribution is 14.0. The van der Waals surface area contributed by atoms with Crippen LogP contribution in [0.2, 0.25) is 0 Å². The van der Waals surface area contributed by atoms with Crippen LogP contribution in [0.4, 0.5) is 0 Å². The van der Waals surface area contributed by atoms with Crippen molar-refractivity contribution in [2.24, 2.45) is 4.99 Å². The number of nitrogens with one attached hydrogen (secondary N) is 1. The molecule has 1 saturated heterocycles. The summed E-state index contributed by atoms with van der Waals surface area (Å²) in [6.07, 6.45) is 3.84. The monoisotopic (exact) mass is 557 g/mol. The molecule has 2 heterocycles. The van der Waals surface area contributed by atoms with E-state index in [1.807, 2.05) is 14.0 Å². The van der Waals surface area contributed by atoms with Crippen LogP contribution in [0.3, 0.4) is 0 Å². The van der Waals surface area contributed by atoms with E-state index in [0.717, 1.165) is 42.8 Å². The van der Waals surface area contributed by atoms with Gasteiger partial charge in [-0.15, -0.1) is 35.3 Å². The molecule has 1 aromatic heterocycles. The first-order valence-electron chi connectivity index (χ1n) is 10.8. The van der Waals surface area contributed by atoms with Crippen molar-refractivity contribution >= 4 is 41.3 Å². The highest BCUT2D eigenvalue weighted by Gasteiger charge is 2.23. The summed E-state index contributed by atoms with van der Waals surface area (Å²) in [5.41, 5.74) is 2.43. The molecule has 6 nitrogen and oxygen atoms in total. The minimum Gasteiger partial charge on any atom is -0.375 e. The van der Waals surface area contributed by atoms with E-state index < -0.39 is 0 Å². The van der Waals surface area contributed by atoms with Gasteiger partial charge in [0.2, 0.25) is 0 Å². The Bertz CT molecular complexity index is 800. The van der Waals surface area contributed by atoms with Crippen molar-refractivity contribution in [2.75, 3.05) is 34.3 Å². The number of hydrogen-bond acceptors (Lipinski definition) is 5. The SMILES string of the molecule is CN=C(NCC1CCCCN1Cc1ccccc1)N(C)Cc1csc(C(C)OC)n1.I. The predicted molar refractivity (Wildman–Crippen MR) is 140 cm³/mol. The third kappa shape index (κ3) is 7.69. The summed E-state index contributed by atoms with van der Waals surface area (Å²) >= 11 is 1.65. The normalized spacial score (nSPS) is 18.3. The van der Waals surface area contributed by atoms with Gasteiger partial charge in [-0.2, -0.15) is 0 Å². The van der Waals surface area contributed by atoms with Crippen LogP contribution >= 0.6 is 35.3 Å². The van der Waals surface area contributed by atoms with Crippen LogP contribution in [0, 0.1) is 0 Å². The lowest BCUT2D eigenvalue weighted by Crippen LogP contribution is -2.49. The minimum atomic E-state index is 0. The molecule has 172 valence electrons. The van der Waals surface area contributed by atoms with Crippen LogP contribution in [-0.2, 0) is 17.8 Å². The third-order valence-corrected chi connectivity index (χ3v) is 6.77. The molecule has 0 aliphatic carbocycles. The third-order valence-electron chi connectivity index (χ3n) is 5.72. The Labute approximate surface area is 208 Å². The molecule has 1 aliphatic rings. The Kier molecular flexibility index (Phi) is 11.2. The zero-order valence-corrected chi connectivity index (χ0v) is 22.2. The van der Waals surface area contributed by atoms with E-state index in [1.165, 1.54) is 24.8 Å². The first-order chi connectivity index (χ1) is 14.6. The van der Waals surface area contributed by atoms with Gasteiger partial charge in [0.05, 0.1) is 12.2 Å². The number of methoxy groups -OCH3 is 1. The Balaban J connectivity index is 0.00000341. The highest BCUT2D eigenvalue weighted by atomic mass is 127. The number of nitrogens with zero attached hydrogens (tertiary/aromatic N) is 4. The van der Waals surface area contributed by atoms with Crippen LogP contribution in [-0.4, -0.2) is 61.1 Å². The molecule has 31 heavy (non-hydrogen) atoms. The molecular formula is C23H36IN5OS. The zero-order valence-electron chi connectivity index (χ0n) is 19.1. The Hall–Kier alpha value is -1.23. The Morgan fingerprint density at radius 1 is 1.35 bits per heavy atom. The van der Waals surface area contributed by atoms with Gasteiger partial charge in [-0.3, -0.25) is 9.89 Å². The van der Waals surface area contributed by atoms with Gasteiger partial charge in [0.15, 0.2) is 5.96 Å². The molecule has 2 unspecified atom stereocenters. The quantitative estimate of drug-likeness (QED) is 0.294. The fourth-order valence-corrected chi connectivity index (χ4v) is 4.75.